The van der Waals surface area contributed by atoms with Crippen LogP contribution in [0.1, 0.15) is 32.6 Å². The van der Waals surface area contributed by atoms with Crippen molar-refractivity contribution in [2.45, 2.75) is 56.8 Å². The molecule has 4 atom stereocenters. The van der Waals surface area contributed by atoms with Gasteiger partial charge in [0.2, 0.25) is 23.6 Å². The van der Waals surface area contributed by atoms with E-state index in [-0.39, 0.29) is 30.5 Å². The van der Waals surface area contributed by atoms with Gasteiger partial charge in [-0.15, -0.1) is 0 Å². The van der Waals surface area contributed by atoms with Gasteiger partial charge in [-0.05, 0) is 32.7 Å². The van der Waals surface area contributed by atoms with Crippen molar-refractivity contribution >= 4 is 42.2 Å². The van der Waals surface area contributed by atoms with E-state index in [0.717, 1.165) is 13.0 Å². The van der Waals surface area contributed by atoms with E-state index in [2.05, 4.69) is 33.9 Å². The maximum absolute atomic E-state index is 12.3. The van der Waals surface area contributed by atoms with Crippen LogP contribution in [0.3, 0.4) is 0 Å². The number of thiol groups is 1. The summed E-state index contributed by atoms with van der Waals surface area (Å²) in [5, 5.41) is 19.4. The molecule has 1 saturated heterocycles. The fourth-order valence-corrected chi connectivity index (χ4v) is 2.85. The first kappa shape index (κ1) is 23.7. The Balaban J connectivity index is 2.57. The van der Waals surface area contributed by atoms with E-state index in [1.807, 2.05) is 0 Å². The molecule has 1 aliphatic heterocycles. The van der Waals surface area contributed by atoms with Crippen molar-refractivity contribution in [3.05, 3.63) is 0 Å². The number of primary amides is 1. The number of amides is 4. The fraction of sp³-hybridized carbons (Fsp3) is 0.688. The van der Waals surface area contributed by atoms with E-state index < -0.39 is 41.8 Å². The Kier molecular flexibility index (Phi) is 9.73. The zero-order chi connectivity index (χ0) is 21.3. The third-order valence-corrected chi connectivity index (χ3v) is 4.60. The SMILES string of the molecule is CC(NC(=O)C(CS)NC(=O)C1CCCN1)C(=O)NC(CCC(N)=O)C(=O)O. The van der Waals surface area contributed by atoms with Crippen LogP contribution < -0.4 is 27.0 Å². The van der Waals surface area contributed by atoms with Gasteiger partial charge in [-0.3, -0.25) is 19.2 Å². The minimum atomic E-state index is -1.32. The Morgan fingerprint density at radius 1 is 1.14 bits per heavy atom. The lowest BCUT2D eigenvalue weighted by molar-refractivity contribution is -0.142. The number of nitrogens with one attached hydrogen (secondary N) is 4. The Hall–Kier alpha value is -2.34. The van der Waals surface area contributed by atoms with Crippen LogP contribution in [0.4, 0.5) is 0 Å². The van der Waals surface area contributed by atoms with Crippen molar-refractivity contribution in [2.75, 3.05) is 12.3 Å². The highest BCUT2D eigenvalue weighted by Gasteiger charge is 2.29. The molecule has 7 N–H and O–H groups in total. The first-order chi connectivity index (χ1) is 13.1. The highest BCUT2D eigenvalue weighted by Crippen LogP contribution is 2.05. The van der Waals surface area contributed by atoms with Crippen LogP contribution in [0.2, 0.25) is 0 Å². The summed E-state index contributed by atoms with van der Waals surface area (Å²) in [5.41, 5.74) is 4.98. The summed E-state index contributed by atoms with van der Waals surface area (Å²) in [4.78, 5) is 58.6. The van der Waals surface area contributed by atoms with Gasteiger partial charge in [0.25, 0.3) is 0 Å². The fourth-order valence-electron chi connectivity index (χ4n) is 2.59. The molecular formula is C16H27N5O6S. The molecule has 12 heteroatoms. The lowest BCUT2D eigenvalue weighted by Crippen LogP contribution is -2.56. The molecule has 11 nitrogen and oxygen atoms in total. The minimum Gasteiger partial charge on any atom is -0.480 e. The molecule has 0 radical (unpaired) electrons. The monoisotopic (exact) mass is 417 g/mol. The predicted octanol–water partition coefficient (Wildman–Crippen LogP) is -2.51. The molecule has 1 fully saturated rings. The van der Waals surface area contributed by atoms with E-state index in [0.29, 0.717) is 6.42 Å². The molecule has 0 aliphatic carbocycles. The second kappa shape index (κ2) is 11.5. The molecule has 0 bridgehead atoms. The molecule has 1 aliphatic rings. The van der Waals surface area contributed by atoms with Gasteiger partial charge >= 0.3 is 5.97 Å². The summed E-state index contributed by atoms with van der Waals surface area (Å²) in [7, 11) is 0. The molecule has 4 amide bonds. The molecule has 0 aromatic carbocycles. The Bertz CT molecular complexity index is 610. The van der Waals surface area contributed by atoms with Crippen LogP contribution in [0.15, 0.2) is 0 Å². The third-order valence-electron chi connectivity index (χ3n) is 4.24. The molecule has 0 aromatic heterocycles. The van der Waals surface area contributed by atoms with Gasteiger partial charge in [-0.1, -0.05) is 0 Å². The molecule has 0 aromatic rings. The first-order valence-electron chi connectivity index (χ1n) is 8.92. The van der Waals surface area contributed by atoms with Crippen LogP contribution in [0.5, 0.6) is 0 Å². The minimum absolute atomic E-state index is 0.0228. The molecule has 4 unspecified atom stereocenters. The quantitative estimate of drug-likeness (QED) is 0.181. The molecule has 28 heavy (non-hydrogen) atoms. The van der Waals surface area contributed by atoms with Crippen LogP contribution in [-0.4, -0.2) is 71.2 Å². The molecule has 1 rings (SSSR count). The van der Waals surface area contributed by atoms with Crippen molar-refractivity contribution in [3.63, 3.8) is 0 Å². The van der Waals surface area contributed by atoms with Gasteiger partial charge in [-0.25, -0.2) is 4.79 Å². The van der Waals surface area contributed by atoms with E-state index in [1.54, 1.807) is 0 Å². The summed E-state index contributed by atoms with van der Waals surface area (Å²) in [5.74, 6) is -3.67. The van der Waals surface area contributed by atoms with E-state index in [1.165, 1.54) is 6.92 Å². The van der Waals surface area contributed by atoms with Crippen molar-refractivity contribution in [2.24, 2.45) is 5.73 Å². The second-order valence-corrected chi connectivity index (χ2v) is 6.89. The number of hydrogen-bond acceptors (Lipinski definition) is 7. The summed E-state index contributed by atoms with van der Waals surface area (Å²) in [6.45, 7) is 2.10. The largest absolute Gasteiger partial charge is 0.480 e. The second-order valence-electron chi connectivity index (χ2n) is 6.53. The van der Waals surface area contributed by atoms with Gasteiger partial charge in [-0.2, -0.15) is 12.6 Å². The number of hydrogen-bond donors (Lipinski definition) is 7. The van der Waals surface area contributed by atoms with Crippen LogP contribution in [0, 0.1) is 0 Å². The number of carbonyl (C=O) groups excluding carboxylic acids is 4. The summed E-state index contributed by atoms with van der Waals surface area (Å²) >= 11 is 4.06. The zero-order valence-corrected chi connectivity index (χ0v) is 16.5. The number of carboxylic acid groups (broad SMARTS) is 1. The number of nitrogens with two attached hydrogens (primary N) is 1. The number of carbonyl (C=O) groups is 5. The van der Waals surface area contributed by atoms with Crippen molar-refractivity contribution < 1.29 is 29.1 Å². The number of carboxylic acids is 1. The van der Waals surface area contributed by atoms with Gasteiger partial charge < -0.3 is 32.1 Å². The van der Waals surface area contributed by atoms with Gasteiger partial charge in [0, 0.05) is 12.2 Å². The Labute approximate surface area is 168 Å². The van der Waals surface area contributed by atoms with Crippen molar-refractivity contribution in [1.29, 1.82) is 0 Å². The lowest BCUT2D eigenvalue weighted by atomic mass is 10.1. The third kappa shape index (κ3) is 7.72. The zero-order valence-electron chi connectivity index (χ0n) is 15.6. The standard InChI is InChI=1S/C16H27N5O6S/c1-8(13(23)20-10(16(26)27)4-5-12(17)22)19-15(25)11(7-28)21-14(24)9-3-2-6-18-9/h8-11,18,28H,2-7H2,1H3,(H2,17,22)(H,19,25)(H,20,23)(H,21,24)(H,26,27). The maximum Gasteiger partial charge on any atom is 0.326 e. The van der Waals surface area contributed by atoms with Gasteiger partial charge in [0.1, 0.15) is 18.1 Å². The van der Waals surface area contributed by atoms with Crippen LogP contribution in [-0.2, 0) is 24.0 Å². The number of rotatable bonds is 11. The molecule has 0 spiro atoms. The smallest absolute Gasteiger partial charge is 0.326 e. The summed E-state index contributed by atoms with van der Waals surface area (Å²) in [6, 6.07) is -3.68. The van der Waals surface area contributed by atoms with Crippen LogP contribution >= 0.6 is 12.6 Å². The Morgan fingerprint density at radius 3 is 2.32 bits per heavy atom. The number of aliphatic carboxylic acids is 1. The first-order valence-corrected chi connectivity index (χ1v) is 9.55. The molecule has 0 saturated carbocycles. The average molecular weight is 417 g/mol. The van der Waals surface area contributed by atoms with Crippen molar-refractivity contribution in [1.82, 2.24) is 21.3 Å². The van der Waals surface area contributed by atoms with E-state index in [4.69, 9.17) is 10.8 Å². The maximum atomic E-state index is 12.3. The lowest BCUT2D eigenvalue weighted by Gasteiger charge is -2.22. The predicted molar refractivity (Wildman–Crippen MR) is 102 cm³/mol. The summed E-state index contributed by atoms with van der Waals surface area (Å²) in [6.07, 6.45) is 1.17. The highest BCUT2D eigenvalue weighted by atomic mass is 32.1. The van der Waals surface area contributed by atoms with E-state index in [9.17, 15) is 24.0 Å². The molecule has 1 heterocycles. The molecular weight excluding hydrogens is 390 g/mol. The average Bonchev–Trinajstić information content (AvgIpc) is 3.16. The van der Waals surface area contributed by atoms with Gasteiger partial charge in [0.15, 0.2) is 0 Å². The normalized spacial score (nSPS) is 19.1. The van der Waals surface area contributed by atoms with Crippen LogP contribution in [0.25, 0.3) is 0 Å². The Morgan fingerprint density at radius 2 is 1.82 bits per heavy atom. The van der Waals surface area contributed by atoms with E-state index >= 15 is 0 Å². The molecule has 158 valence electrons. The highest BCUT2D eigenvalue weighted by molar-refractivity contribution is 7.80. The van der Waals surface area contributed by atoms with Crippen molar-refractivity contribution in [3.8, 4) is 0 Å². The topological polar surface area (TPSA) is 180 Å². The summed E-state index contributed by atoms with van der Waals surface area (Å²) < 4.78 is 0. The van der Waals surface area contributed by atoms with Gasteiger partial charge in [0.05, 0.1) is 6.04 Å².